The Kier molecular flexibility index (Phi) is 9.51. The second-order valence-electron chi connectivity index (χ2n) is 11.6. The minimum atomic E-state index is -1.67. The summed E-state index contributed by atoms with van der Waals surface area (Å²) in [6.45, 7) is 1.18. The highest BCUT2D eigenvalue weighted by atomic mass is 19.2. The van der Waals surface area contributed by atoms with E-state index >= 15 is 0 Å². The number of aromatic nitrogens is 3. The topological polar surface area (TPSA) is 97.5 Å². The van der Waals surface area contributed by atoms with Crippen LogP contribution >= 0.6 is 0 Å². The van der Waals surface area contributed by atoms with E-state index in [-0.39, 0.29) is 37.2 Å². The third-order valence-corrected chi connectivity index (χ3v) is 8.34. The lowest BCUT2D eigenvalue weighted by atomic mass is 10.0. The summed E-state index contributed by atoms with van der Waals surface area (Å²) >= 11 is 0. The molecule has 9 nitrogen and oxygen atoms in total. The molecular weight excluding hydrogens is 642 g/mol. The van der Waals surface area contributed by atoms with Gasteiger partial charge in [0.2, 0.25) is 5.78 Å². The number of piperazine rings is 1. The molecule has 2 aromatic heterocycles. The van der Waals surface area contributed by atoms with E-state index in [2.05, 4.69) is 9.88 Å². The lowest BCUT2D eigenvalue weighted by molar-refractivity contribution is -0.144. The Morgan fingerprint density at radius 3 is 2.22 bits per heavy atom. The van der Waals surface area contributed by atoms with Gasteiger partial charge in [-0.3, -0.25) is 19.2 Å². The molecule has 1 amide bonds. The second-order valence-corrected chi connectivity index (χ2v) is 11.6. The van der Waals surface area contributed by atoms with Crippen LogP contribution in [-0.4, -0.2) is 62.7 Å². The number of halogens is 4. The SMILES string of the molecule is O=C(CC(=O)c1cc(Cc2ccc(F)c(F)c2F)cn(Cc2cccc(F)c2)c1=O)C(=O)N1CCN(c2ccc(-n3ccnc3)cc2)CC1. The minimum absolute atomic E-state index is 0.164. The number of rotatable bonds is 10. The number of pyridine rings is 1. The summed E-state index contributed by atoms with van der Waals surface area (Å²) in [5, 5.41) is 0. The molecule has 0 spiro atoms. The zero-order chi connectivity index (χ0) is 34.7. The van der Waals surface area contributed by atoms with Gasteiger partial charge in [0.1, 0.15) is 5.82 Å². The van der Waals surface area contributed by atoms with Gasteiger partial charge in [-0.2, -0.15) is 0 Å². The number of hydrogen-bond acceptors (Lipinski definition) is 6. The summed E-state index contributed by atoms with van der Waals surface area (Å²) in [4.78, 5) is 60.4. The standard InChI is InChI=1S/C36H29F4N5O4/c37-26-3-1-2-23(17-26)20-45-21-24(16-25-4-9-30(38)34(40)33(25)39)18-29(35(45)48)31(46)19-32(47)36(49)43-14-12-42(13-15-43)27-5-7-28(8-6-27)44-11-10-41-22-44/h1-11,17-18,21-22H,12-16,19-20H2. The van der Waals surface area contributed by atoms with Crippen LogP contribution in [0.25, 0.3) is 5.69 Å². The Labute approximate surface area is 277 Å². The van der Waals surface area contributed by atoms with Crippen LogP contribution < -0.4 is 10.5 Å². The summed E-state index contributed by atoms with van der Waals surface area (Å²) in [5.74, 6) is -7.84. The Balaban J connectivity index is 1.16. The first-order valence-corrected chi connectivity index (χ1v) is 15.4. The molecule has 1 fully saturated rings. The molecule has 13 heteroatoms. The van der Waals surface area contributed by atoms with Crippen molar-refractivity contribution in [2.24, 2.45) is 0 Å². The Bertz CT molecular complexity index is 2090. The highest BCUT2D eigenvalue weighted by Gasteiger charge is 2.29. The van der Waals surface area contributed by atoms with Crippen LogP contribution in [0.3, 0.4) is 0 Å². The molecule has 0 atom stereocenters. The Hall–Kier alpha value is -5.85. The lowest BCUT2D eigenvalue weighted by Crippen LogP contribution is -2.51. The monoisotopic (exact) mass is 671 g/mol. The predicted molar refractivity (Wildman–Crippen MR) is 172 cm³/mol. The van der Waals surface area contributed by atoms with Crippen LogP contribution in [0.5, 0.6) is 0 Å². The Morgan fingerprint density at radius 1 is 0.796 bits per heavy atom. The molecular formula is C36H29F4N5O4. The van der Waals surface area contributed by atoms with Crippen molar-refractivity contribution in [1.82, 2.24) is 19.0 Å². The molecule has 0 saturated carbocycles. The zero-order valence-electron chi connectivity index (χ0n) is 26.0. The highest BCUT2D eigenvalue weighted by Crippen LogP contribution is 2.21. The molecule has 0 radical (unpaired) electrons. The first-order valence-electron chi connectivity index (χ1n) is 15.4. The van der Waals surface area contributed by atoms with Gasteiger partial charge in [0, 0.05) is 62.6 Å². The summed E-state index contributed by atoms with van der Waals surface area (Å²) in [6.07, 6.45) is 5.27. The molecule has 49 heavy (non-hydrogen) atoms. The van der Waals surface area contributed by atoms with Crippen LogP contribution in [0.2, 0.25) is 0 Å². The number of amides is 1. The van der Waals surface area contributed by atoms with Crippen molar-refractivity contribution >= 4 is 23.2 Å². The van der Waals surface area contributed by atoms with E-state index in [1.54, 1.807) is 18.6 Å². The molecule has 6 rings (SSSR count). The van der Waals surface area contributed by atoms with Gasteiger partial charge in [-0.1, -0.05) is 18.2 Å². The number of benzene rings is 3. The van der Waals surface area contributed by atoms with Gasteiger partial charge in [-0.05, 0) is 65.2 Å². The maximum atomic E-state index is 14.5. The number of nitrogens with zero attached hydrogens (tertiary/aromatic N) is 5. The molecule has 3 aromatic carbocycles. The molecule has 0 N–H and O–H groups in total. The van der Waals surface area contributed by atoms with Gasteiger partial charge in [0.25, 0.3) is 11.5 Å². The number of carbonyl (C=O) groups is 3. The number of hydrogen-bond donors (Lipinski definition) is 0. The molecule has 0 aliphatic carbocycles. The van der Waals surface area contributed by atoms with E-state index in [1.807, 2.05) is 35.0 Å². The number of carbonyl (C=O) groups excluding carboxylic acids is 3. The van der Waals surface area contributed by atoms with Gasteiger partial charge < -0.3 is 18.9 Å². The smallest absolute Gasteiger partial charge is 0.290 e. The summed E-state index contributed by atoms with van der Waals surface area (Å²) in [6, 6.07) is 16.1. The fourth-order valence-electron chi connectivity index (χ4n) is 5.77. The second kappa shape index (κ2) is 14.1. The van der Waals surface area contributed by atoms with Crippen molar-refractivity contribution in [3.63, 3.8) is 0 Å². The van der Waals surface area contributed by atoms with Gasteiger partial charge >= 0.3 is 0 Å². The molecule has 1 aliphatic heterocycles. The first-order chi connectivity index (χ1) is 23.6. The van der Waals surface area contributed by atoms with Crippen LogP contribution in [0, 0.1) is 23.3 Å². The van der Waals surface area contributed by atoms with E-state index in [9.17, 15) is 36.7 Å². The van der Waals surface area contributed by atoms with E-state index < -0.39 is 58.3 Å². The van der Waals surface area contributed by atoms with E-state index in [0.29, 0.717) is 18.7 Å². The van der Waals surface area contributed by atoms with Crippen LogP contribution in [-0.2, 0) is 22.6 Å². The van der Waals surface area contributed by atoms with E-state index in [1.165, 1.54) is 29.3 Å². The minimum Gasteiger partial charge on any atom is -0.368 e. The molecule has 1 saturated heterocycles. The number of Topliss-reactive ketones (excluding diaryl/α,β-unsaturated/α-hetero) is 2. The van der Waals surface area contributed by atoms with Gasteiger partial charge in [-0.15, -0.1) is 0 Å². The van der Waals surface area contributed by atoms with Crippen LogP contribution in [0.4, 0.5) is 23.2 Å². The van der Waals surface area contributed by atoms with Crippen molar-refractivity contribution < 1.29 is 31.9 Å². The third kappa shape index (κ3) is 7.35. The fraction of sp³-hybridized carbons (Fsp3) is 0.194. The van der Waals surface area contributed by atoms with Gasteiger partial charge in [0.05, 0.1) is 24.9 Å². The zero-order valence-corrected chi connectivity index (χ0v) is 26.0. The fourth-order valence-corrected chi connectivity index (χ4v) is 5.77. The normalized spacial score (nSPS) is 13.1. The summed E-state index contributed by atoms with van der Waals surface area (Å²) < 4.78 is 58.8. The first kappa shape index (κ1) is 33.1. The highest BCUT2D eigenvalue weighted by molar-refractivity contribution is 6.40. The van der Waals surface area contributed by atoms with Crippen LogP contribution in [0.15, 0.2) is 96.4 Å². The molecule has 1 aliphatic rings. The number of ketones is 2. The largest absolute Gasteiger partial charge is 0.368 e. The molecule has 0 unspecified atom stereocenters. The molecule has 250 valence electrons. The summed E-state index contributed by atoms with van der Waals surface area (Å²) in [7, 11) is 0. The van der Waals surface area contributed by atoms with E-state index in [4.69, 9.17) is 0 Å². The quantitative estimate of drug-likeness (QED) is 0.0702. The van der Waals surface area contributed by atoms with Crippen molar-refractivity contribution in [3.8, 4) is 5.69 Å². The third-order valence-electron chi connectivity index (χ3n) is 8.34. The predicted octanol–water partition coefficient (Wildman–Crippen LogP) is 4.72. The maximum Gasteiger partial charge on any atom is 0.290 e. The number of anilines is 1. The van der Waals surface area contributed by atoms with Crippen molar-refractivity contribution in [1.29, 1.82) is 0 Å². The van der Waals surface area contributed by atoms with Gasteiger partial charge in [0.15, 0.2) is 23.2 Å². The Morgan fingerprint density at radius 2 is 1.53 bits per heavy atom. The van der Waals surface area contributed by atoms with Gasteiger partial charge in [-0.25, -0.2) is 22.5 Å². The average Bonchev–Trinajstić information content (AvgIpc) is 3.65. The lowest BCUT2D eigenvalue weighted by Gasteiger charge is -2.35. The maximum absolute atomic E-state index is 14.5. The molecule has 3 heterocycles. The van der Waals surface area contributed by atoms with Crippen molar-refractivity contribution in [2.45, 2.75) is 19.4 Å². The van der Waals surface area contributed by atoms with Crippen LogP contribution in [0.1, 0.15) is 33.5 Å². The molecule has 0 bridgehead atoms. The molecule has 5 aromatic rings. The van der Waals surface area contributed by atoms with Crippen molar-refractivity contribution in [2.75, 3.05) is 31.1 Å². The van der Waals surface area contributed by atoms with Crippen molar-refractivity contribution in [3.05, 3.63) is 148 Å². The summed E-state index contributed by atoms with van der Waals surface area (Å²) in [5.41, 5.74) is 0.892. The van der Waals surface area contributed by atoms with E-state index in [0.717, 1.165) is 34.1 Å². The average molecular weight is 672 g/mol. The number of imidazole rings is 1.